The Labute approximate surface area is 123 Å². The second kappa shape index (κ2) is 4.61. The van der Waals surface area contributed by atoms with Gasteiger partial charge < -0.3 is 5.73 Å². The van der Waals surface area contributed by atoms with E-state index in [4.69, 9.17) is 11.1 Å². The van der Waals surface area contributed by atoms with Crippen molar-refractivity contribution in [3.8, 4) is 5.82 Å². The third kappa shape index (κ3) is 2.19. The Morgan fingerprint density at radius 1 is 1.32 bits per heavy atom. The fourth-order valence-corrected chi connectivity index (χ4v) is 2.32. The van der Waals surface area contributed by atoms with Gasteiger partial charge in [0, 0.05) is 17.1 Å². The molecule has 0 aliphatic carbocycles. The summed E-state index contributed by atoms with van der Waals surface area (Å²) in [6, 6.07) is 9.42. The first-order valence-electron chi connectivity index (χ1n) is 5.60. The average molecular weight is 363 g/mol. The molecule has 3 rings (SSSR count). The van der Waals surface area contributed by atoms with Gasteiger partial charge in [-0.2, -0.15) is 5.10 Å². The van der Waals surface area contributed by atoms with E-state index in [1.165, 1.54) is 0 Å². The van der Waals surface area contributed by atoms with Crippen molar-refractivity contribution < 1.29 is 0 Å². The van der Waals surface area contributed by atoms with Crippen LogP contribution in [0.2, 0.25) is 0 Å². The van der Waals surface area contributed by atoms with Gasteiger partial charge in [0.25, 0.3) is 0 Å². The predicted octanol–water partition coefficient (Wildman–Crippen LogP) is 2.31. The predicted molar refractivity (Wildman–Crippen MR) is 82.6 cm³/mol. The van der Waals surface area contributed by atoms with Crippen LogP contribution in [0, 0.1) is 8.98 Å². The van der Waals surface area contributed by atoms with Gasteiger partial charge in [0.1, 0.15) is 5.84 Å². The number of para-hydroxylation sites is 1. The molecule has 3 aromatic rings. The van der Waals surface area contributed by atoms with E-state index in [2.05, 4.69) is 32.7 Å². The second-order valence-electron chi connectivity index (χ2n) is 4.06. The number of nitrogens with two attached hydrogens (primary N) is 1. The zero-order valence-corrected chi connectivity index (χ0v) is 12.0. The highest BCUT2D eigenvalue weighted by Gasteiger charge is 2.09. The molecule has 0 aliphatic heterocycles. The summed E-state index contributed by atoms with van der Waals surface area (Å²) in [6.07, 6.45) is 3.63. The number of nitrogens with one attached hydrogen (secondary N) is 1. The van der Waals surface area contributed by atoms with Crippen molar-refractivity contribution in [3.63, 3.8) is 0 Å². The standard InChI is InChI=1S/C13H10IN5/c14-8-6-17-19(7-8)12-5-10(13(15)16)9-3-1-2-4-11(9)18-12/h1-7H,(H3,15,16). The molecule has 0 fully saturated rings. The summed E-state index contributed by atoms with van der Waals surface area (Å²) in [5.74, 6) is 0.688. The molecule has 0 unspecified atom stereocenters. The zero-order chi connectivity index (χ0) is 13.4. The van der Waals surface area contributed by atoms with Gasteiger partial charge in [0.15, 0.2) is 5.82 Å². The average Bonchev–Trinajstić information content (AvgIpc) is 2.84. The van der Waals surface area contributed by atoms with Gasteiger partial charge in [-0.15, -0.1) is 0 Å². The van der Waals surface area contributed by atoms with Crippen molar-refractivity contribution in [1.29, 1.82) is 5.41 Å². The van der Waals surface area contributed by atoms with Crippen LogP contribution in [0.5, 0.6) is 0 Å². The summed E-state index contributed by atoms with van der Waals surface area (Å²) in [7, 11) is 0. The van der Waals surface area contributed by atoms with Gasteiger partial charge >= 0.3 is 0 Å². The Hall–Kier alpha value is -1.96. The number of rotatable bonds is 2. The van der Waals surface area contributed by atoms with Crippen LogP contribution in [-0.4, -0.2) is 20.6 Å². The molecule has 94 valence electrons. The van der Waals surface area contributed by atoms with Crippen molar-refractivity contribution in [3.05, 3.63) is 51.9 Å². The van der Waals surface area contributed by atoms with Gasteiger partial charge in [0.05, 0.1) is 15.3 Å². The normalized spacial score (nSPS) is 10.8. The molecule has 0 saturated heterocycles. The minimum absolute atomic E-state index is 0.0294. The largest absolute Gasteiger partial charge is 0.384 e. The second-order valence-corrected chi connectivity index (χ2v) is 5.31. The number of hydrogen-bond donors (Lipinski definition) is 2. The zero-order valence-electron chi connectivity index (χ0n) is 9.84. The van der Waals surface area contributed by atoms with Gasteiger partial charge in [-0.3, -0.25) is 5.41 Å². The summed E-state index contributed by atoms with van der Waals surface area (Å²) in [4.78, 5) is 4.55. The molecule has 1 aromatic carbocycles. The van der Waals surface area contributed by atoms with Crippen LogP contribution in [0.25, 0.3) is 16.7 Å². The van der Waals surface area contributed by atoms with E-state index in [1.54, 1.807) is 16.9 Å². The lowest BCUT2D eigenvalue weighted by Gasteiger charge is -2.08. The van der Waals surface area contributed by atoms with Crippen LogP contribution in [-0.2, 0) is 0 Å². The van der Waals surface area contributed by atoms with E-state index in [0.29, 0.717) is 11.4 Å². The lowest BCUT2D eigenvalue weighted by Crippen LogP contribution is -2.13. The van der Waals surface area contributed by atoms with Crippen LogP contribution in [0.3, 0.4) is 0 Å². The van der Waals surface area contributed by atoms with E-state index >= 15 is 0 Å². The van der Waals surface area contributed by atoms with Gasteiger partial charge in [-0.05, 0) is 34.7 Å². The number of pyridine rings is 1. The first-order chi connectivity index (χ1) is 9.15. The first kappa shape index (κ1) is 12.1. The Morgan fingerprint density at radius 2 is 2.11 bits per heavy atom. The third-order valence-corrected chi connectivity index (χ3v) is 3.34. The molecule has 2 aromatic heterocycles. The van der Waals surface area contributed by atoms with Crippen LogP contribution >= 0.6 is 22.6 Å². The van der Waals surface area contributed by atoms with Crippen LogP contribution < -0.4 is 5.73 Å². The molecule has 0 radical (unpaired) electrons. The van der Waals surface area contributed by atoms with Crippen molar-refractivity contribution in [1.82, 2.24) is 14.8 Å². The van der Waals surface area contributed by atoms with Crippen LogP contribution in [0.1, 0.15) is 5.56 Å². The minimum atomic E-state index is 0.0294. The maximum atomic E-state index is 7.70. The molecule has 0 saturated carbocycles. The quantitative estimate of drug-likeness (QED) is 0.417. The number of nitrogen functional groups attached to an aromatic ring is 1. The lowest BCUT2D eigenvalue weighted by atomic mass is 10.1. The number of aromatic nitrogens is 3. The minimum Gasteiger partial charge on any atom is -0.384 e. The van der Waals surface area contributed by atoms with Crippen LogP contribution in [0.15, 0.2) is 42.7 Å². The monoisotopic (exact) mass is 363 g/mol. The number of fused-ring (bicyclic) bond motifs is 1. The third-order valence-electron chi connectivity index (χ3n) is 2.78. The van der Waals surface area contributed by atoms with Gasteiger partial charge in [0.2, 0.25) is 0 Å². The highest BCUT2D eigenvalue weighted by molar-refractivity contribution is 14.1. The Bertz CT molecular complexity index is 778. The number of hydrogen-bond acceptors (Lipinski definition) is 3. The number of amidine groups is 1. The van der Waals surface area contributed by atoms with Crippen molar-refractivity contribution in [2.75, 3.05) is 0 Å². The van der Waals surface area contributed by atoms with Crippen LogP contribution in [0.4, 0.5) is 0 Å². The molecular weight excluding hydrogens is 353 g/mol. The highest BCUT2D eigenvalue weighted by Crippen LogP contribution is 2.20. The summed E-state index contributed by atoms with van der Waals surface area (Å²) >= 11 is 2.19. The lowest BCUT2D eigenvalue weighted by molar-refractivity contribution is 0.852. The molecule has 2 heterocycles. The number of halogens is 1. The summed E-state index contributed by atoms with van der Waals surface area (Å²) in [5, 5.41) is 12.8. The summed E-state index contributed by atoms with van der Waals surface area (Å²) in [5.41, 5.74) is 7.13. The number of nitrogens with zero attached hydrogens (tertiary/aromatic N) is 3. The first-order valence-corrected chi connectivity index (χ1v) is 6.68. The molecule has 3 N–H and O–H groups in total. The molecule has 6 heteroatoms. The SMILES string of the molecule is N=C(N)c1cc(-n2cc(I)cn2)nc2ccccc12. The maximum Gasteiger partial charge on any atom is 0.154 e. The van der Waals surface area contributed by atoms with Gasteiger partial charge in [-0.1, -0.05) is 18.2 Å². The molecule has 0 aliphatic rings. The van der Waals surface area contributed by atoms with E-state index in [1.807, 2.05) is 30.5 Å². The fourth-order valence-electron chi connectivity index (χ4n) is 1.93. The van der Waals surface area contributed by atoms with Crippen molar-refractivity contribution in [2.45, 2.75) is 0 Å². The Morgan fingerprint density at radius 3 is 2.79 bits per heavy atom. The molecule has 0 atom stereocenters. The smallest absolute Gasteiger partial charge is 0.154 e. The number of benzene rings is 1. The Balaban J connectivity index is 2.30. The van der Waals surface area contributed by atoms with E-state index in [9.17, 15) is 0 Å². The summed E-state index contributed by atoms with van der Waals surface area (Å²) in [6.45, 7) is 0. The highest BCUT2D eigenvalue weighted by atomic mass is 127. The topological polar surface area (TPSA) is 80.6 Å². The fraction of sp³-hybridized carbons (Fsp3) is 0. The molecule has 0 bridgehead atoms. The van der Waals surface area contributed by atoms with Crippen molar-refractivity contribution >= 4 is 39.3 Å². The molecular formula is C13H10IN5. The van der Waals surface area contributed by atoms with E-state index < -0.39 is 0 Å². The molecule has 0 spiro atoms. The van der Waals surface area contributed by atoms with E-state index in [-0.39, 0.29) is 5.84 Å². The molecule has 19 heavy (non-hydrogen) atoms. The van der Waals surface area contributed by atoms with Gasteiger partial charge in [-0.25, -0.2) is 9.67 Å². The Kier molecular flexibility index (Phi) is 2.94. The maximum absolute atomic E-state index is 7.70. The van der Waals surface area contributed by atoms with E-state index in [0.717, 1.165) is 14.5 Å². The molecule has 5 nitrogen and oxygen atoms in total. The van der Waals surface area contributed by atoms with Crippen molar-refractivity contribution in [2.24, 2.45) is 5.73 Å². The summed E-state index contributed by atoms with van der Waals surface area (Å²) < 4.78 is 2.71. The molecule has 0 amide bonds.